The lowest BCUT2D eigenvalue weighted by molar-refractivity contribution is -0.145. The highest BCUT2D eigenvalue weighted by atomic mass is 16.5. The van der Waals surface area contributed by atoms with E-state index in [9.17, 15) is 4.79 Å². The Bertz CT molecular complexity index is 523. The van der Waals surface area contributed by atoms with Gasteiger partial charge in [-0.3, -0.25) is 4.79 Å². The zero-order valence-electron chi connectivity index (χ0n) is 13.4. The highest BCUT2D eigenvalue weighted by molar-refractivity contribution is 5.73. The molecule has 4 heteroatoms. The molecule has 0 spiro atoms. The van der Waals surface area contributed by atoms with E-state index in [2.05, 4.69) is 17.4 Å². The number of rotatable bonds is 7. The number of hydrogen-bond donors (Lipinski definition) is 1. The molecule has 3 rings (SSSR count). The molecule has 1 aromatic carbocycles. The molecule has 1 saturated carbocycles. The topological polar surface area (TPSA) is 47.6 Å². The van der Waals surface area contributed by atoms with Gasteiger partial charge in [0.2, 0.25) is 0 Å². The molecule has 1 saturated heterocycles. The van der Waals surface area contributed by atoms with Crippen molar-refractivity contribution >= 4 is 5.97 Å². The van der Waals surface area contributed by atoms with Crippen molar-refractivity contribution in [1.82, 2.24) is 5.32 Å². The summed E-state index contributed by atoms with van der Waals surface area (Å²) in [6.45, 7) is 4.83. The molecule has 4 nitrogen and oxygen atoms in total. The van der Waals surface area contributed by atoms with Gasteiger partial charge in [0.25, 0.3) is 0 Å². The minimum atomic E-state index is -0.122. The van der Waals surface area contributed by atoms with Crippen LogP contribution in [-0.4, -0.2) is 32.8 Å². The lowest BCUT2D eigenvalue weighted by Gasteiger charge is -2.27. The molecule has 1 aromatic rings. The van der Waals surface area contributed by atoms with E-state index >= 15 is 0 Å². The van der Waals surface area contributed by atoms with Crippen molar-refractivity contribution in [2.24, 2.45) is 17.8 Å². The first-order valence-corrected chi connectivity index (χ1v) is 8.20. The summed E-state index contributed by atoms with van der Waals surface area (Å²) in [6.07, 6.45) is 2.40. The summed E-state index contributed by atoms with van der Waals surface area (Å²) >= 11 is 0. The zero-order chi connectivity index (χ0) is 15.5. The largest absolute Gasteiger partial charge is 0.493 e. The molecule has 1 N–H and O–H groups in total. The Kier molecular flexibility index (Phi) is 4.67. The smallest absolute Gasteiger partial charge is 0.309 e. The van der Waals surface area contributed by atoms with Crippen molar-refractivity contribution in [2.75, 3.05) is 26.8 Å². The minimum absolute atomic E-state index is 0.108. The molecule has 2 fully saturated rings. The van der Waals surface area contributed by atoms with Gasteiger partial charge in [-0.05, 0) is 42.4 Å². The van der Waals surface area contributed by atoms with Gasteiger partial charge in [0.05, 0.1) is 19.6 Å². The molecule has 22 heavy (non-hydrogen) atoms. The predicted octanol–water partition coefficient (Wildman–Crippen LogP) is 2.59. The highest BCUT2D eigenvalue weighted by Crippen LogP contribution is 2.47. The Morgan fingerprint density at radius 2 is 2.14 bits per heavy atom. The molecule has 0 unspecified atom stereocenters. The average Bonchev–Trinajstić information content (AvgIpc) is 3.30. The van der Waals surface area contributed by atoms with Gasteiger partial charge in [0.1, 0.15) is 5.75 Å². The fourth-order valence-corrected chi connectivity index (χ4v) is 3.25. The maximum atomic E-state index is 11.9. The summed E-state index contributed by atoms with van der Waals surface area (Å²) in [5.41, 5.74) is 1.20. The van der Waals surface area contributed by atoms with Crippen LogP contribution in [0.25, 0.3) is 0 Å². The number of hydrogen-bond acceptors (Lipinski definition) is 4. The molecule has 2 atom stereocenters. The van der Waals surface area contributed by atoms with Gasteiger partial charge in [-0.25, -0.2) is 0 Å². The molecule has 0 bridgehead atoms. The van der Waals surface area contributed by atoms with Crippen LogP contribution in [0.5, 0.6) is 5.75 Å². The Morgan fingerprint density at radius 3 is 2.73 bits per heavy atom. The monoisotopic (exact) mass is 303 g/mol. The molecule has 120 valence electrons. The number of carbonyl (C=O) groups is 1. The van der Waals surface area contributed by atoms with E-state index < -0.39 is 0 Å². The standard InChI is InChI=1S/C18H25NO3/c1-12(18(20)21-2)17(14-6-7-14)15-4-3-5-16(8-15)22-11-13-9-19-10-13/h3-5,8,12-14,17,19H,6-7,9-11H2,1-2H3/t12-,17-/m0/s1. The van der Waals surface area contributed by atoms with Gasteiger partial charge in [-0.15, -0.1) is 0 Å². The van der Waals surface area contributed by atoms with Crippen LogP contribution in [0.2, 0.25) is 0 Å². The van der Waals surface area contributed by atoms with E-state index in [1.807, 2.05) is 19.1 Å². The lowest BCUT2D eigenvalue weighted by Crippen LogP contribution is -2.45. The van der Waals surface area contributed by atoms with Crippen LogP contribution >= 0.6 is 0 Å². The van der Waals surface area contributed by atoms with Crippen LogP contribution in [-0.2, 0) is 9.53 Å². The molecule has 0 amide bonds. The van der Waals surface area contributed by atoms with Gasteiger partial charge in [-0.1, -0.05) is 19.1 Å². The van der Waals surface area contributed by atoms with Gasteiger partial charge in [0.15, 0.2) is 0 Å². The fourth-order valence-electron chi connectivity index (χ4n) is 3.25. The molecular weight excluding hydrogens is 278 g/mol. The quantitative estimate of drug-likeness (QED) is 0.787. The third-order valence-electron chi connectivity index (χ3n) is 4.84. The van der Waals surface area contributed by atoms with E-state index in [0.29, 0.717) is 11.8 Å². The van der Waals surface area contributed by atoms with E-state index in [4.69, 9.17) is 9.47 Å². The molecule has 1 aliphatic carbocycles. The number of carbonyl (C=O) groups excluding carboxylic acids is 1. The number of methoxy groups -OCH3 is 1. The predicted molar refractivity (Wildman–Crippen MR) is 84.9 cm³/mol. The van der Waals surface area contributed by atoms with Crippen LogP contribution in [0.15, 0.2) is 24.3 Å². The fraction of sp³-hybridized carbons (Fsp3) is 0.611. The second-order valence-corrected chi connectivity index (χ2v) is 6.58. The Labute approximate surface area is 132 Å². The van der Waals surface area contributed by atoms with Crippen molar-refractivity contribution in [3.8, 4) is 5.75 Å². The molecule has 1 heterocycles. The van der Waals surface area contributed by atoms with Crippen LogP contribution in [0, 0.1) is 17.8 Å². The van der Waals surface area contributed by atoms with Crippen LogP contribution < -0.4 is 10.1 Å². The normalized spacial score (nSPS) is 20.8. The van der Waals surface area contributed by atoms with Crippen LogP contribution in [0.3, 0.4) is 0 Å². The maximum absolute atomic E-state index is 11.9. The van der Waals surface area contributed by atoms with Crippen molar-refractivity contribution in [3.05, 3.63) is 29.8 Å². The highest BCUT2D eigenvalue weighted by Gasteiger charge is 2.39. The third-order valence-corrected chi connectivity index (χ3v) is 4.84. The van der Waals surface area contributed by atoms with Crippen molar-refractivity contribution in [3.63, 3.8) is 0 Å². The summed E-state index contributed by atoms with van der Waals surface area (Å²) < 4.78 is 10.9. The summed E-state index contributed by atoms with van der Waals surface area (Å²) in [6, 6.07) is 8.25. The SMILES string of the molecule is COC(=O)[C@@H](C)[C@H](c1cccc(OCC2CNC2)c1)C1CC1. The summed E-state index contributed by atoms with van der Waals surface area (Å²) in [7, 11) is 1.47. The molecule has 2 aliphatic rings. The molecular formula is C18H25NO3. The lowest BCUT2D eigenvalue weighted by atomic mass is 9.83. The Balaban J connectivity index is 1.71. The molecule has 0 aromatic heterocycles. The summed E-state index contributed by atoms with van der Waals surface area (Å²) in [5.74, 6) is 2.14. The first-order valence-electron chi connectivity index (χ1n) is 8.20. The second-order valence-electron chi connectivity index (χ2n) is 6.58. The zero-order valence-corrected chi connectivity index (χ0v) is 13.4. The number of esters is 1. The third kappa shape index (κ3) is 3.43. The van der Waals surface area contributed by atoms with Crippen molar-refractivity contribution in [1.29, 1.82) is 0 Å². The van der Waals surface area contributed by atoms with E-state index in [1.165, 1.54) is 25.5 Å². The van der Waals surface area contributed by atoms with Gasteiger partial charge >= 0.3 is 5.97 Å². The van der Waals surface area contributed by atoms with E-state index in [-0.39, 0.29) is 17.8 Å². The van der Waals surface area contributed by atoms with Gasteiger partial charge in [0, 0.05) is 19.0 Å². The molecule has 1 aliphatic heterocycles. The Hall–Kier alpha value is -1.55. The van der Waals surface area contributed by atoms with Crippen LogP contribution in [0.1, 0.15) is 31.2 Å². The number of nitrogens with one attached hydrogen (secondary N) is 1. The summed E-state index contributed by atoms with van der Waals surface area (Å²) in [4.78, 5) is 11.9. The summed E-state index contributed by atoms with van der Waals surface area (Å²) in [5, 5.41) is 3.25. The maximum Gasteiger partial charge on any atom is 0.309 e. The van der Waals surface area contributed by atoms with Gasteiger partial charge in [-0.2, -0.15) is 0 Å². The van der Waals surface area contributed by atoms with Gasteiger partial charge < -0.3 is 14.8 Å². The Morgan fingerprint density at radius 1 is 1.36 bits per heavy atom. The number of benzene rings is 1. The van der Waals surface area contributed by atoms with E-state index in [0.717, 1.165) is 25.4 Å². The second kappa shape index (κ2) is 6.69. The minimum Gasteiger partial charge on any atom is -0.493 e. The van der Waals surface area contributed by atoms with Crippen molar-refractivity contribution in [2.45, 2.75) is 25.7 Å². The van der Waals surface area contributed by atoms with Crippen LogP contribution in [0.4, 0.5) is 0 Å². The van der Waals surface area contributed by atoms with Crippen molar-refractivity contribution < 1.29 is 14.3 Å². The first-order chi connectivity index (χ1) is 10.7. The molecule has 0 radical (unpaired) electrons. The number of ether oxygens (including phenoxy) is 2. The average molecular weight is 303 g/mol. The first kappa shape index (κ1) is 15.3. The van der Waals surface area contributed by atoms with E-state index in [1.54, 1.807) is 0 Å².